The van der Waals surface area contributed by atoms with Crippen LogP contribution in [0.25, 0.3) is 11.1 Å². The lowest BCUT2D eigenvalue weighted by atomic mass is 9.98. The van der Waals surface area contributed by atoms with Gasteiger partial charge in [-0.25, -0.2) is 4.79 Å². The van der Waals surface area contributed by atoms with Crippen LogP contribution in [0, 0.1) is 0 Å². The summed E-state index contributed by atoms with van der Waals surface area (Å²) in [5, 5.41) is 0. The highest BCUT2D eigenvalue weighted by atomic mass is 32.2. The van der Waals surface area contributed by atoms with Crippen molar-refractivity contribution >= 4 is 23.9 Å². The summed E-state index contributed by atoms with van der Waals surface area (Å²) in [5.74, 6) is -0.633. The normalized spacial score (nSPS) is 27.1. The maximum Gasteiger partial charge on any atom is 0.508 e. The van der Waals surface area contributed by atoms with E-state index in [9.17, 15) is 9.59 Å². The minimum absolute atomic E-state index is 0.102. The minimum atomic E-state index is -0.967. The zero-order valence-corrected chi connectivity index (χ0v) is 23.0. The van der Waals surface area contributed by atoms with Gasteiger partial charge in [0.2, 0.25) is 0 Å². The molecule has 2 fully saturated rings. The number of thioether (sulfide) groups is 1. The summed E-state index contributed by atoms with van der Waals surface area (Å²) in [5.41, 5.74) is 4.69. The third kappa shape index (κ3) is 5.22. The van der Waals surface area contributed by atoms with Gasteiger partial charge in [0.05, 0.1) is 6.61 Å². The summed E-state index contributed by atoms with van der Waals surface area (Å²) in [4.78, 5) is 25.3. The standard InChI is InChI=1S/C31H30O8S/c1-18(32)36-28-27(26-25(37-30(28)40-2)17-34-29(38-26)19-10-4-3-5-11-19)39-31(33)35-16-24-22-14-8-6-12-20(22)21-13-7-9-15-23(21)24/h3-15,24-30H,16-17H2,1-2H3/t25-,26+,27+,28-,29?,30?/m1/s1. The molecule has 0 saturated carbocycles. The van der Waals surface area contributed by atoms with Gasteiger partial charge in [0.1, 0.15) is 24.3 Å². The number of esters is 1. The molecule has 6 rings (SSSR count). The molecule has 2 saturated heterocycles. The van der Waals surface area contributed by atoms with Gasteiger partial charge in [0.15, 0.2) is 18.5 Å². The zero-order valence-electron chi connectivity index (χ0n) is 22.1. The molecule has 8 nitrogen and oxygen atoms in total. The number of hydrogen-bond donors (Lipinski definition) is 0. The molecule has 0 radical (unpaired) electrons. The van der Waals surface area contributed by atoms with Crippen molar-refractivity contribution in [2.75, 3.05) is 19.5 Å². The van der Waals surface area contributed by atoms with Gasteiger partial charge in [-0.2, -0.15) is 0 Å². The summed E-state index contributed by atoms with van der Waals surface area (Å²) in [6, 6.07) is 25.7. The van der Waals surface area contributed by atoms with Crippen LogP contribution in [0.3, 0.4) is 0 Å². The molecule has 0 amide bonds. The summed E-state index contributed by atoms with van der Waals surface area (Å²) < 4.78 is 35.7. The smallest absolute Gasteiger partial charge is 0.455 e. The fourth-order valence-corrected chi connectivity index (χ4v) is 6.44. The van der Waals surface area contributed by atoms with Crippen molar-refractivity contribution < 1.29 is 38.0 Å². The van der Waals surface area contributed by atoms with E-state index in [1.165, 1.54) is 18.7 Å². The van der Waals surface area contributed by atoms with E-state index < -0.39 is 48.3 Å². The lowest BCUT2D eigenvalue weighted by Gasteiger charge is -2.47. The minimum Gasteiger partial charge on any atom is -0.455 e. The Bertz CT molecular complexity index is 1320. The average molecular weight is 563 g/mol. The third-order valence-electron chi connectivity index (χ3n) is 7.45. The van der Waals surface area contributed by atoms with Crippen LogP contribution in [-0.2, 0) is 33.2 Å². The van der Waals surface area contributed by atoms with Crippen LogP contribution < -0.4 is 0 Å². The number of rotatable bonds is 6. The molecule has 0 N–H and O–H groups in total. The number of hydrogen-bond acceptors (Lipinski definition) is 9. The number of ether oxygens (including phenoxy) is 6. The maximum atomic E-state index is 13.2. The lowest BCUT2D eigenvalue weighted by molar-refractivity contribution is -0.319. The van der Waals surface area contributed by atoms with Crippen LogP contribution in [0.4, 0.5) is 4.79 Å². The van der Waals surface area contributed by atoms with Crippen molar-refractivity contribution in [3.63, 3.8) is 0 Å². The highest BCUT2D eigenvalue weighted by molar-refractivity contribution is 7.99. The van der Waals surface area contributed by atoms with Crippen molar-refractivity contribution in [1.29, 1.82) is 0 Å². The predicted octanol–water partition coefficient (Wildman–Crippen LogP) is 5.45. The molecule has 6 atom stereocenters. The fraction of sp³-hybridized carbons (Fsp3) is 0.355. The summed E-state index contributed by atoms with van der Waals surface area (Å²) >= 11 is 1.36. The Morgan fingerprint density at radius 2 is 1.50 bits per heavy atom. The first kappa shape index (κ1) is 26.8. The van der Waals surface area contributed by atoms with Crippen LogP contribution in [0.15, 0.2) is 78.9 Å². The van der Waals surface area contributed by atoms with Crippen LogP contribution in [-0.4, -0.2) is 61.4 Å². The first-order valence-corrected chi connectivity index (χ1v) is 14.5. The monoisotopic (exact) mass is 562 g/mol. The van der Waals surface area contributed by atoms with E-state index in [4.69, 9.17) is 28.4 Å². The topological polar surface area (TPSA) is 89.5 Å². The van der Waals surface area contributed by atoms with E-state index in [1.807, 2.05) is 60.9 Å². The van der Waals surface area contributed by atoms with Crippen LogP contribution in [0.1, 0.15) is 35.8 Å². The SMILES string of the molecule is CSC1O[C@@H]2COC(c3ccccc3)O[C@@H]2[C@H](OC(=O)OCC2c3ccccc3-c3ccccc32)[C@H]1OC(C)=O. The second kappa shape index (κ2) is 11.6. The van der Waals surface area contributed by atoms with E-state index >= 15 is 0 Å². The Hall–Kier alpha value is -3.37. The van der Waals surface area contributed by atoms with E-state index in [0.717, 1.165) is 27.8 Å². The Kier molecular flexibility index (Phi) is 7.80. The molecule has 0 spiro atoms. The van der Waals surface area contributed by atoms with Crippen molar-refractivity contribution in [2.45, 2.75) is 49.0 Å². The maximum absolute atomic E-state index is 13.2. The van der Waals surface area contributed by atoms with Gasteiger partial charge < -0.3 is 28.4 Å². The number of carbonyl (C=O) groups is 2. The molecule has 2 unspecified atom stereocenters. The zero-order chi connectivity index (χ0) is 27.6. The molecule has 1 aliphatic carbocycles. The highest BCUT2D eigenvalue weighted by Crippen LogP contribution is 2.45. The van der Waals surface area contributed by atoms with Crippen LogP contribution in [0.5, 0.6) is 0 Å². The molecule has 3 aromatic carbocycles. The molecular weight excluding hydrogens is 532 g/mol. The Morgan fingerprint density at radius 3 is 2.15 bits per heavy atom. The van der Waals surface area contributed by atoms with Crippen molar-refractivity contribution in [1.82, 2.24) is 0 Å². The second-order valence-corrected chi connectivity index (χ2v) is 10.8. The quantitative estimate of drug-likeness (QED) is 0.364. The van der Waals surface area contributed by atoms with E-state index in [-0.39, 0.29) is 19.1 Å². The van der Waals surface area contributed by atoms with Gasteiger partial charge in [0.25, 0.3) is 0 Å². The van der Waals surface area contributed by atoms with Gasteiger partial charge in [0, 0.05) is 18.4 Å². The molecule has 3 aromatic rings. The molecule has 40 heavy (non-hydrogen) atoms. The first-order chi connectivity index (χ1) is 19.5. The van der Waals surface area contributed by atoms with Gasteiger partial charge in [-0.1, -0.05) is 78.9 Å². The molecule has 3 aliphatic rings. The fourth-order valence-electron chi connectivity index (χ4n) is 5.70. The summed E-state index contributed by atoms with van der Waals surface area (Å²) in [6.45, 7) is 1.63. The summed E-state index contributed by atoms with van der Waals surface area (Å²) in [6.07, 6.45) is -2.86. The van der Waals surface area contributed by atoms with E-state index in [2.05, 4.69) is 24.3 Å². The molecular formula is C31H30O8S. The molecule has 2 heterocycles. The number of fused-ring (bicyclic) bond motifs is 4. The molecule has 0 bridgehead atoms. The summed E-state index contributed by atoms with van der Waals surface area (Å²) in [7, 11) is 0. The first-order valence-electron chi connectivity index (χ1n) is 13.2. The molecule has 2 aliphatic heterocycles. The van der Waals surface area contributed by atoms with Gasteiger partial charge in [-0.05, 0) is 28.5 Å². The molecule has 0 aromatic heterocycles. The number of carbonyl (C=O) groups excluding carboxylic acids is 2. The Labute approximate surface area is 236 Å². The van der Waals surface area contributed by atoms with Crippen molar-refractivity contribution in [2.24, 2.45) is 0 Å². The average Bonchev–Trinajstić information content (AvgIpc) is 3.30. The van der Waals surface area contributed by atoms with Crippen molar-refractivity contribution in [3.8, 4) is 11.1 Å². The van der Waals surface area contributed by atoms with Gasteiger partial charge in [-0.15, -0.1) is 11.8 Å². The predicted molar refractivity (Wildman–Crippen MR) is 148 cm³/mol. The highest BCUT2D eigenvalue weighted by Gasteiger charge is 2.53. The van der Waals surface area contributed by atoms with Crippen LogP contribution >= 0.6 is 11.8 Å². The second-order valence-electron chi connectivity index (χ2n) is 9.90. The van der Waals surface area contributed by atoms with Gasteiger partial charge >= 0.3 is 12.1 Å². The lowest BCUT2D eigenvalue weighted by Crippen LogP contribution is -2.63. The Balaban J connectivity index is 1.22. The van der Waals surface area contributed by atoms with Crippen molar-refractivity contribution in [3.05, 3.63) is 95.6 Å². The van der Waals surface area contributed by atoms with Crippen LogP contribution in [0.2, 0.25) is 0 Å². The largest absolute Gasteiger partial charge is 0.508 e. The molecule has 208 valence electrons. The third-order valence-corrected chi connectivity index (χ3v) is 8.30. The van der Waals surface area contributed by atoms with Gasteiger partial charge in [-0.3, -0.25) is 4.79 Å². The van der Waals surface area contributed by atoms with E-state index in [1.54, 1.807) is 0 Å². The Morgan fingerprint density at radius 1 is 0.850 bits per heavy atom. The number of benzene rings is 3. The van der Waals surface area contributed by atoms with E-state index in [0.29, 0.717) is 0 Å². The molecule has 9 heteroatoms.